The van der Waals surface area contributed by atoms with Crippen LogP contribution in [-0.4, -0.2) is 16.9 Å². The smallest absolute Gasteiger partial charge is 0.306 e. The third-order valence-electron chi connectivity index (χ3n) is 5.10. The lowest BCUT2D eigenvalue weighted by Gasteiger charge is -2.14. The molecule has 0 saturated carbocycles. The lowest BCUT2D eigenvalue weighted by atomic mass is 9.90. The molecule has 0 amide bonds. The third kappa shape index (κ3) is 6.63. The van der Waals surface area contributed by atoms with Crippen molar-refractivity contribution in [1.82, 2.24) is 0 Å². The quantitative estimate of drug-likeness (QED) is 0.362. The second-order valence-corrected chi connectivity index (χ2v) is 8.02. The Balaban J connectivity index is 2.02. The summed E-state index contributed by atoms with van der Waals surface area (Å²) in [5.74, 6) is -1.36. The van der Waals surface area contributed by atoms with Crippen molar-refractivity contribution in [3.8, 4) is 11.1 Å². The summed E-state index contributed by atoms with van der Waals surface area (Å²) in [6.45, 7) is 6.16. The van der Waals surface area contributed by atoms with Gasteiger partial charge in [0, 0.05) is 12.0 Å². The number of unbranched alkanes of at least 4 members (excludes halogenated alkanes) is 2. The summed E-state index contributed by atoms with van der Waals surface area (Å²) in [7, 11) is 0. The first kappa shape index (κ1) is 21.9. The van der Waals surface area contributed by atoms with Crippen LogP contribution in [0.15, 0.2) is 48.5 Å². The van der Waals surface area contributed by atoms with Gasteiger partial charge in [-0.3, -0.25) is 9.59 Å². The molecule has 0 aliphatic carbocycles. The molecular weight excluding hydrogens is 348 g/mol. The molecule has 0 spiro atoms. The summed E-state index contributed by atoms with van der Waals surface area (Å²) in [4.78, 5) is 23.9. The van der Waals surface area contributed by atoms with Crippen molar-refractivity contribution >= 4 is 11.8 Å². The number of carboxylic acids is 1. The molecule has 1 unspecified atom stereocenters. The number of aliphatic carboxylic acids is 1. The fourth-order valence-corrected chi connectivity index (χ4v) is 3.47. The number of carbonyl (C=O) groups excluding carboxylic acids is 1. The molecule has 2 aromatic rings. The van der Waals surface area contributed by atoms with Crippen LogP contribution in [0.5, 0.6) is 0 Å². The van der Waals surface area contributed by atoms with Crippen LogP contribution in [0, 0.1) is 11.8 Å². The summed E-state index contributed by atoms with van der Waals surface area (Å²) in [6.07, 6.45) is 5.40. The summed E-state index contributed by atoms with van der Waals surface area (Å²) in [6, 6.07) is 16.1. The molecule has 0 bridgehead atoms. The predicted octanol–water partition coefficient (Wildman–Crippen LogP) is 6.41. The van der Waals surface area contributed by atoms with Crippen LogP contribution >= 0.6 is 0 Å². The zero-order chi connectivity index (χ0) is 20.5. The molecule has 0 aliphatic heterocycles. The summed E-state index contributed by atoms with van der Waals surface area (Å²) in [5.41, 5.74) is 4.12. The van der Waals surface area contributed by atoms with Crippen molar-refractivity contribution in [2.75, 3.05) is 0 Å². The number of rotatable bonds is 11. The zero-order valence-corrected chi connectivity index (χ0v) is 17.3. The normalized spacial score (nSPS) is 12.1. The lowest BCUT2D eigenvalue weighted by molar-refractivity contribution is -0.142. The monoisotopic (exact) mass is 380 g/mol. The Kier molecular flexibility index (Phi) is 8.43. The molecular formula is C25H32O3. The number of ketones is 1. The minimum atomic E-state index is -0.891. The molecule has 0 fully saturated rings. The molecule has 0 heterocycles. The van der Waals surface area contributed by atoms with Crippen molar-refractivity contribution in [1.29, 1.82) is 0 Å². The fourth-order valence-electron chi connectivity index (χ4n) is 3.47. The average Bonchev–Trinajstić information content (AvgIpc) is 2.68. The lowest BCUT2D eigenvalue weighted by Crippen LogP contribution is -2.20. The van der Waals surface area contributed by atoms with E-state index in [1.807, 2.05) is 26.0 Å². The Morgan fingerprint density at radius 2 is 1.46 bits per heavy atom. The van der Waals surface area contributed by atoms with E-state index in [4.69, 9.17) is 0 Å². The summed E-state index contributed by atoms with van der Waals surface area (Å²) >= 11 is 0. The van der Waals surface area contributed by atoms with Gasteiger partial charge in [-0.15, -0.1) is 0 Å². The van der Waals surface area contributed by atoms with Crippen LogP contribution in [0.1, 0.15) is 68.8 Å². The van der Waals surface area contributed by atoms with Crippen molar-refractivity contribution in [3.63, 3.8) is 0 Å². The fraction of sp³-hybridized carbons (Fsp3) is 0.440. The first-order valence-electron chi connectivity index (χ1n) is 10.4. The summed E-state index contributed by atoms with van der Waals surface area (Å²) in [5, 5.41) is 9.35. The highest BCUT2D eigenvalue weighted by molar-refractivity contribution is 5.98. The predicted molar refractivity (Wildman–Crippen MR) is 115 cm³/mol. The Morgan fingerprint density at radius 1 is 0.893 bits per heavy atom. The van der Waals surface area contributed by atoms with Gasteiger partial charge < -0.3 is 5.11 Å². The maximum atomic E-state index is 12.5. The van der Waals surface area contributed by atoms with E-state index < -0.39 is 11.9 Å². The molecule has 1 atom stereocenters. The summed E-state index contributed by atoms with van der Waals surface area (Å²) < 4.78 is 0. The van der Waals surface area contributed by atoms with E-state index in [0.717, 1.165) is 17.5 Å². The van der Waals surface area contributed by atoms with Gasteiger partial charge in [-0.2, -0.15) is 0 Å². The highest BCUT2D eigenvalue weighted by Crippen LogP contribution is 2.23. The van der Waals surface area contributed by atoms with Crippen molar-refractivity contribution in [3.05, 3.63) is 59.7 Å². The Morgan fingerprint density at radius 3 is 1.96 bits per heavy atom. The van der Waals surface area contributed by atoms with E-state index in [1.54, 1.807) is 12.1 Å². The van der Waals surface area contributed by atoms with Gasteiger partial charge in [-0.05, 0) is 41.9 Å². The second-order valence-electron chi connectivity index (χ2n) is 8.02. The SMILES string of the molecule is CCCCCc1ccc(-c2ccc(C(=O)CC(CC(C)C)C(=O)O)cc2)cc1. The maximum Gasteiger partial charge on any atom is 0.306 e. The number of carboxylic acid groups (broad SMARTS) is 1. The largest absolute Gasteiger partial charge is 0.481 e. The van der Waals surface area contributed by atoms with E-state index in [-0.39, 0.29) is 18.1 Å². The van der Waals surface area contributed by atoms with Crippen molar-refractivity contribution in [2.24, 2.45) is 11.8 Å². The van der Waals surface area contributed by atoms with Crippen molar-refractivity contribution < 1.29 is 14.7 Å². The van der Waals surface area contributed by atoms with E-state index in [0.29, 0.717) is 12.0 Å². The maximum absolute atomic E-state index is 12.5. The van der Waals surface area contributed by atoms with Gasteiger partial charge in [-0.25, -0.2) is 0 Å². The third-order valence-corrected chi connectivity index (χ3v) is 5.10. The Labute approximate surface area is 168 Å². The van der Waals surface area contributed by atoms with Gasteiger partial charge in [0.2, 0.25) is 0 Å². The zero-order valence-electron chi connectivity index (χ0n) is 17.3. The van der Waals surface area contributed by atoms with Gasteiger partial charge in [-0.1, -0.05) is 82.1 Å². The van der Waals surface area contributed by atoms with E-state index in [2.05, 4.69) is 31.2 Å². The molecule has 1 N–H and O–H groups in total. The van der Waals surface area contributed by atoms with Gasteiger partial charge in [0.05, 0.1) is 5.92 Å². The van der Waals surface area contributed by atoms with E-state index in [1.165, 1.54) is 24.8 Å². The molecule has 3 heteroatoms. The van der Waals surface area contributed by atoms with Gasteiger partial charge in [0.1, 0.15) is 0 Å². The minimum Gasteiger partial charge on any atom is -0.481 e. The second kappa shape index (κ2) is 10.8. The number of Topliss-reactive ketones (excluding diaryl/α,β-unsaturated/α-hetero) is 1. The number of hydrogen-bond acceptors (Lipinski definition) is 2. The van der Waals surface area contributed by atoms with Crippen LogP contribution in [-0.2, 0) is 11.2 Å². The molecule has 0 radical (unpaired) electrons. The first-order valence-corrected chi connectivity index (χ1v) is 10.4. The van der Waals surface area contributed by atoms with Crippen LogP contribution in [0.25, 0.3) is 11.1 Å². The van der Waals surface area contributed by atoms with Crippen LogP contribution in [0.2, 0.25) is 0 Å². The van der Waals surface area contributed by atoms with Crippen molar-refractivity contribution in [2.45, 2.75) is 59.3 Å². The minimum absolute atomic E-state index is 0.0549. The molecule has 0 saturated heterocycles. The van der Waals surface area contributed by atoms with Gasteiger partial charge >= 0.3 is 5.97 Å². The number of hydrogen-bond donors (Lipinski definition) is 1. The highest BCUT2D eigenvalue weighted by atomic mass is 16.4. The molecule has 3 nitrogen and oxygen atoms in total. The van der Waals surface area contributed by atoms with E-state index in [9.17, 15) is 14.7 Å². The average molecular weight is 381 g/mol. The molecule has 2 aromatic carbocycles. The molecule has 2 rings (SSSR count). The van der Waals surface area contributed by atoms with Gasteiger partial charge in [0.15, 0.2) is 5.78 Å². The number of carbonyl (C=O) groups is 2. The van der Waals surface area contributed by atoms with E-state index >= 15 is 0 Å². The molecule has 0 aliphatic rings. The number of benzene rings is 2. The first-order chi connectivity index (χ1) is 13.4. The topological polar surface area (TPSA) is 54.4 Å². The van der Waals surface area contributed by atoms with Crippen LogP contribution in [0.4, 0.5) is 0 Å². The van der Waals surface area contributed by atoms with Crippen LogP contribution < -0.4 is 0 Å². The van der Waals surface area contributed by atoms with Crippen LogP contribution in [0.3, 0.4) is 0 Å². The molecule has 150 valence electrons. The Bertz CT molecular complexity index is 757. The standard InChI is InChI=1S/C25H32O3/c1-4-5-6-7-19-8-10-20(11-9-19)21-12-14-22(15-13-21)24(26)17-23(25(27)28)16-18(2)3/h8-15,18,23H,4-7,16-17H2,1-3H3,(H,27,28). The highest BCUT2D eigenvalue weighted by Gasteiger charge is 2.23. The van der Waals surface area contributed by atoms with Gasteiger partial charge in [0.25, 0.3) is 0 Å². The number of aryl methyl sites for hydroxylation is 1. The molecule has 0 aromatic heterocycles. The molecule has 28 heavy (non-hydrogen) atoms. The Hall–Kier alpha value is -2.42.